The molecule has 3 aliphatic rings. The fourth-order valence-electron chi connectivity index (χ4n) is 5.44. The topological polar surface area (TPSA) is 184 Å². The van der Waals surface area contributed by atoms with Gasteiger partial charge in [0.25, 0.3) is 0 Å². The average molecular weight is 649 g/mol. The van der Waals surface area contributed by atoms with Crippen molar-refractivity contribution in [2.45, 2.75) is 74.1 Å². The smallest absolute Gasteiger partial charge is 0.245 e. The molecule has 248 valence electrons. The van der Waals surface area contributed by atoms with Gasteiger partial charge in [-0.15, -0.1) is 0 Å². The Morgan fingerprint density at radius 1 is 0.956 bits per heavy atom. The molecule has 2 saturated heterocycles. The number of benzene rings is 1. The molecule has 1 aromatic rings. The number of carbonyl (C=O) groups excluding carboxylic acids is 4. The second-order valence-corrected chi connectivity index (χ2v) is 14.1. The molecule has 2 fully saturated rings. The van der Waals surface area contributed by atoms with Gasteiger partial charge in [0.2, 0.25) is 17.7 Å². The fourth-order valence-corrected chi connectivity index (χ4v) is 6.07. The van der Waals surface area contributed by atoms with Gasteiger partial charge in [0.1, 0.15) is 17.7 Å². The minimum Gasteiger partial charge on any atom is -0.394 e. The lowest BCUT2D eigenvalue weighted by Crippen LogP contribution is -2.58. The Morgan fingerprint density at radius 2 is 1.60 bits per heavy atom. The van der Waals surface area contributed by atoms with Crippen molar-refractivity contribution in [1.82, 2.24) is 20.9 Å². The second kappa shape index (κ2) is 15.4. The molecule has 4 rings (SSSR count). The highest BCUT2D eigenvalue weighted by atomic mass is 32.2. The predicted octanol–water partition coefficient (Wildman–Crippen LogP) is -0.340. The summed E-state index contributed by atoms with van der Waals surface area (Å²) in [5, 5.41) is 18.0. The lowest BCUT2D eigenvalue weighted by molar-refractivity contribution is -0.135. The first-order chi connectivity index (χ1) is 21.4. The van der Waals surface area contributed by atoms with Crippen LogP contribution in [0.5, 0.6) is 0 Å². The maximum absolute atomic E-state index is 13.8. The number of Topliss-reactive ketones (excluding diaryl/α,β-unsaturated/α-hetero) is 1. The predicted molar refractivity (Wildman–Crippen MR) is 164 cm³/mol. The van der Waals surface area contributed by atoms with Crippen molar-refractivity contribution in [2.24, 2.45) is 0 Å². The lowest BCUT2D eigenvalue weighted by Gasteiger charge is -2.28. The number of ether oxygens (including phenoxy) is 2. The standard InChI is InChI=1S/C31H44N4O9S/c1-31(20-44-31)28(38)24(16-21-6-4-3-5-7-21)33-29(39)25(17-22-8-10-23(11-9-22)45(2,41)42)34-30(40)26(19-36)32-27(37)18-35-12-14-43-15-13-35/h6,8-11,24-26,36H,3-5,7,12-20H2,1-2H3,(H,32,37)(H,33,39)(H,34,40)/t24?,25?,26?,31-/m1/s1. The lowest BCUT2D eigenvalue weighted by atomic mass is 9.89. The van der Waals surface area contributed by atoms with E-state index in [1.54, 1.807) is 19.1 Å². The number of hydrogen-bond acceptors (Lipinski definition) is 10. The van der Waals surface area contributed by atoms with Crippen molar-refractivity contribution in [2.75, 3.05) is 52.3 Å². The molecule has 0 bridgehead atoms. The quantitative estimate of drug-likeness (QED) is 0.145. The second-order valence-electron chi connectivity index (χ2n) is 12.1. The van der Waals surface area contributed by atoms with E-state index in [1.165, 1.54) is 12.1 Å². The van der Waals surface area contributed by atoms with Crippen LogP contribution in [0.3, 0.4) is 0 Å². The number of sulfone groups is 1. The van der Waals surface area contributed by atoms with Crippen LogP contribution in [0, 0.1) is 0 Å². The Kier molecular flexibility index (Phi) is 11.9. The van der Waals surface area contributed by atoms with Crippen molar-refractivity contribution in [1.29, 1.82) is 0 Å². The molecule has 14 heteroatoms. The van der Waals surface area contributed by atoms with Crippen LogP contribution >= 0.6 is 0 Å². The summed E-state index contributed by atoms with van der Waals surface area (Å²) in [7, 11) is -3.45. The Hall–Kier alpha value is -3.17. The molecular weight excluding hydrogens is 604 g/mol. The summed E-state index contributed by atoms with van der Waals surface area (Å²) in [6.07, 6.45) is 7.26. The van der Waals surface area contributed by atoms with Gasteiger partial charge in [-0.25, -0.2) is 8.42 Å². The summed E-state index contributed by atoms with van der Waals surface area (Å²) in [5.41, 5.74) is 0.639. The molecule has 45 heavy (non-hydrogen) atoms. The van der Waals surface area contributed by atoms with Crippen molar-refractivity contribution in [3.8, 4) is 0 Å². The number of nitrogens with zero attached hydrogens (tertiary/aromatic N) is 1. The van der Waals surface area contributed by atoms with Gasteiger partial charge in [-0.1, -0.05) is 23.8 Å². The van der Waals surface area contributed by atoms with Gasteiger partial charge in [-0.3, -0.25) is 24.1 Å². The molecule has 2 heterocycles. The first-order valence-electron chi connectivity index (χ1n) is 15.3. The van der Waals surface area contributed by atoms with E-state index >= 15 is 0 Å². The van der Waals surface area contributed by atoms with E-state index in [-0.39, 0.29) is 30.3 Å². The minimum absolute atomic E-state index is 0.0181. The molecule has 2 aliphatic heterocycles. The van der Waals surface area contributed by atoms with Crippen LogP contribution < -0.4 is 16.0 Å². The zero-order valence-corrected chi connectivity index (χ0v) is 26.7. The van der Waals surface area contributed by atoms with Crippen molar-refractivity contribution in [3.05, 3.63) is 41.5 Å². The van der Waals surface area contributed by atoms with E-state index in [2.05, 4.69) is 22.0 Å². The Morgan fingerprint density at radius 3 is 2.18 bits per heavy atom. The summed E-state index contributed by atoms with van der Waals surface area (Å²) in [4.78, 5) is 55.2. The summed E-state index contributed by atoms with van der Waals surface area (Å²) >= 11 is 0. The van der Waals surface area contributed by atoms with Gasteiger partial charge in [-0.2, -0.15) is 0 Å². The minimum atomic E-state index is -3.45. The van der Waals surface area contributed by atoms with Gasteiger partial charge in [0, 0.05) is 25.8 Å². The van der Waals surface area contributed by atoms with E-state index < -0.39 is 57.9 Å². The highest BCUT2D eigenvalue weighted by Gasteiger charge is 2.50. The highest BCUT2D eigenvalue weighted by molar-refractivity contribution is 7.90. The summed E-state index contributed by atoms with van der Waals surface area (Å²) in [6.45, 7) is 3.35. The number of carbonyl (C=O) groups is 4. The van der Waals surface area contributed by atoms with Crippen LogP contribution in [0.25, 0.3) is 0 Å². The molecule has 1 aromatic carbocycles. The number of morpholine rings is 1. The fraction of sp³-hybridized carbons (Fsp3) is 0.613. The maximum atomic E-state index is 13.8. The molecule has 4 atom stereocenters. The molecule has 0 saturated carbocycles. The van der Waals surface area contributed by atoms with Crippen LogP contribution in [-0.4, -0.2) is 118 Å². The molecule has 3 unspecified atom stereocenters. The molecule has 0 spiro atoms. The number of ketones is 1. The average Bonchev–Trinajstić information content (AvgIpc) is 3.77. The molecule has 1 aliphatic carbocycles. The van der Waals surface area contributed by atoms with Crippen molar-refractivity contribution < 1.29 is 42.2 Å². The zero-order chi connectivity index (χ0) is 32.6. The first kappa shape index (κ1) is 34.7. The Labute approximate surface area is 264 Å². The molecule has 0 aromatic heterocycles. The van der Waals surface area contributed by atoms with Crippen LogP contribution in [-0.2, 0) is 44.9 Å². The third kappa shape index (κ3) is 10.2. The number of allylic oxidation sites excluding steroid dienone is 1. The van der Waals surface area contributed by atoms with Gasteiger partial charge in [0.05, 0.1) is 43.9 Å². The van der Waals surface area contributed by atoms with Crippen molar-refractivity contribution in [3.63, 3.8) is 0 Å². The normalized spacial score (nSPS) is 22.3. The summed E-state index contributed by atoms with van der Waals surface area (Å²) in [6, 6.07) is 2.49. The van der Waals surface area contributed by atoms with Crippen LogP contribution in [0.4, 0.5) is 0 Å². The van der Waals surface area contributed by atoms with E-state index in [0.717, 1.165) is 37.5 Å². The third-order valence-corrected chi connectivity index (χ3v) is 9.44. The number of rotatable bonds is 15. The SMILES string of the molecule is C[C@]1(C(=O)C(CC2=CCCCC2)NC(=O)C(Cc2ccc(S(C)(=O)=O)cc2)NC(=O)C(CO)NC(=O)CN2CCOCC2)CO1. The third-order valence-electron chi connectivity index (χ3n) is 8.31. The maximum Gasteiger partial charge on any atom is 0.245 e. The number of aliphatic hydroxyl groups is 1. The van der Waals surface area contributed by atoms with Crippen LogP contribution in [0.2, 0.25) is 0 Å². The van der Waals surface area contributed by atoms with Crippen LogP contribution in [0.1, 0.15) is 44.6 Å². The van der Waals surface area contributed by atoms with Gasteiger partial charge < -0.3 is 30.5 Å². The van der Waals surface area contributed by atoms with Crippen molar-refractivity contribution >= 4 is 33.3 Å². The summed E-state index contributed by atoms with van der Waals surface area (Å²) < 4.78 is 34.6. The number of epoxide rings is 1. The molecule has 13 nitrogen and oxygen atoms in total. The van der Waals surface area contributed by atoms with E-state index in [1.807, 2.05) is 4.90 Å². The van der Waals surface area contributed by atoms with Crippen LogP contribution in [0.15, 0.2) is 40.8 Å². The summed E-state index contributed by atoms with van der Waals surface area (Å²) in [5.74, 6) is -2.14. The van der Waals surface area contributed by atoms with E-state index in [4.69, 9.17) is 9.47 Å². The Bertz CT molecular complexity index is 1370. The molecular formula is C31H44N4O9S. The van der Waals surface area contributed by atoms with E-state index in [9.17, 15) is 32.7 Å². The monoisotopic (exact) mass is 648 g/mol. The molecule has 4 N–H and O–H groups in total. The van der Waals surface area contributed by atoms with Gasteiger partial charge in [0.15, 0.2) is 15.6 Å². The van der Waals surface area contributed by atoms with E-state index in [0.29, 0.717) is 38.3 Å². The number of amides is 3. The largest absolute Gasteiger partial charge is 0.394 e. The first-order valence-corrected chi connectivity index (χ1v) is 17.2. The number of hydrogen-bond donors (Lipinski definition) is 4. The molecule has 3 amide bonds. The zero-order valence-electron chi connectivity index (χ0n) is 25.9. The number of nitrogens with one attached hydrogen (secondary N) is 3. The number of aliphatic hydroxyl groups excluding tert-OH is 1. The Balaban J connectivity index is 1.51. The van der Waals surface area contributed by atoms with Gasteiger partial charge >= 0.3 is 0 Å². The van der Waals surface area contributed by atoms with Gasteiger partial charge in [-0.05, 0) is 56.7 Å². The highest BCUT2D eigenvalue weighted by Crippen LogP contribution is 2.31. The molecule has 0 radical (unpaired) electrons.